The third kappa shape index (κ3) is 5.89. The van der Waals surface area contributed by atoms with Crippen LogP contribution in [0.25, 0.3) is 0 Å². The molecule has 1 rings (SSSR count). The van der Waals surface area contributed by atoms with Gasteiger partial charge in [-0.3, -0.25) is 9.54 Å². The Hall–Kier alpha value is -1.71. The summed E-state index contributed by atoms with van der Waals surface area (Å²) in [6, 6.07) is 5.72. The van der Waals surface area contributed by atoms with Gasteiger partial charge in [-0.1, -0.05) is 6.07 Å². The van der Waals surface area contributed by atoms with Crippen LogP contribution in [0.2, 0.25) is 0 Å². The lowest BCUT2D eigenvalue weighted by Gasteiger charge is -2.35. The maximum Gasteiger partial charge on any atom is 0.438 e. The summed E-state index contributed by atoms with van der Waals surface area (Å²) in [5, 5.41) is -7.06. The Morgan fingerprint density at radius 2 is 1.14 bits per heavy atom. The fourth-order valence-corrected chi connectivity index (χ4v) is 1.79. The molecule has 0 atom stereocenters. The van der Waals surface area contributed by atoms with Crippen molar-refractivity contribution in [2.24, 2.45) is 0 Å². The Balaban J connectivity index is 0.00000102. The minimum Gasteiger partial charge on any atom is -0.281 e. The molecule has 0 radical (unpaired) electrons. The number of rotatable bonds is 6. The largest absolute Gasteiger partial charge is 0.438 e. The predicted octanol–water partition coefficient (Wildman–Crippen LogP) is 4.80. The Morgan fingerprint density at radius 3 is 1.39 bits per heavy atom. The Bertz CT molecular complexity index is 693. The van der Waals surface area contributed by atoms with E-state index in [9.17, 15) is 56.7 Å². The van der Waals surface area contributed by atoms with Crippen molar-refractivity contribution in [3.05, 3.63) is 30.6 Å². The van der Waals surface area contributed by atoms with Gasteiger partial charge in [0.1, 0.15) is 0 Å². The molecule has 0 aliphatic carbocycles. The van der Waals surface area contributed by atoms with E-state index in [4.69, 9.17) is 4.55 Å². The van der Waals surface area contributed by atoms with Crippen molar-refractivity contribution in [2.45, 2.75) is 42.0 Å². The lowest BCUT2D eigenvalue weighted by molar-refractivity contribution is -0.351. The van der Waals surface area contributed by atoms with Crippen LogP contribution in [0.5, 0.6) is 0 Å². The molecule has 1 N–H and O–H groups in total. The highest BCUT2D eigenvalue weighted by Gasteiger charge is 2.84. The molecule has 1 aromatic rings. The number of halogens is 11. The van der Waals surface area contributed by atoms with Crippen molar-refractivity contribution in [1.29, 1.82) is 0 Å². The first kappa shape index (κ1) is 26.3. The molecule has 164 valence electrons. The van der Waals surface area contributed by atoms with E-state index in [1.165, 1.54) is 0 Å². The summed E-state index contributed by atoms with van der Waals surface area (Å²) in [7, 11) is -7.27. The van der Waals surface area contributed by atoms with Crippen molar-refractivity contribution in [3.8, 4) is 0 Å². The molecule has 4 nitrogen and oxygen atoms in total. The molecule has 0 amide bonds. The van der Waals surface area contributed by atoms with Gasteiger partial charge in [0.2, 0.25) is 0 Å². The summed E-state index contributed by atoms with van der Waals surface area (Å²) >= 11 is 0. The van der Waals surface area contributed by atoms with Crippen LogP contribution in [0.3, 0.4) is 0 Å². The van der Waals surface area contributed by atoms with Crippen LogP contribution in [0.4, 0.5) is 48.3 Å². The summed E-state index contributed by atoms with van der Waals surface area (Å²) in [6.45, 7) is 0. The fourth-order valence-electron chi connectivity index (χ4n) is 1.34. The van der Waals surface area contributed by atoms with E-state index in [1.54, 1.807) is 12.4 Å². The number of aromatic nitrogens is 1. The van der Waals surface area contributed by atoms with Gasteiger partial charge in [0.15, 0.2) is 0 Å². The summed E-state index contributed by atoms with van der Waals surface area (Å²) in [6.07, 6.45) is -7.75. The van der Waals surface area contributed by atoms with Gasteiger partial charge in [-0.2, -0.15) is 56.7 Å². The number of pyridine rings is 1. The second-order valence-electron chi connectivity index (χ2n) is 4.98. The van der Waals surface area contributed by atoms with Crippen molar-refractivity contribution in [3.63, 3.8) is 0 Å². The van der Waals surface area contributed by atoms with Gasteiger partial charge in [-0.25, -0.2) is 0 Å². The highest BCUT2D eigenvalue weighted by Crippen LogP contribution is 2.55. The van der Waals surface area contributed by atoms with Gasteiger partial charge < -0.3 is 0 Å². The fraction of sp³-hybridized carbons (Fsp3) is 0.583. The second-order valence-corrected chi connectivity index (χ2v) is 6.45. The van der Waals surface area contributed by atoms with Crippen LogP contribution < -0.4 is 0 Å². The Morgan fingerprint density at radius 1 is 0.714 bits per heavy atom. The predicted molar refractivity (Wildman–Crippen MR) is 70.9 cm³/mol. The quantitative estimate of drug-likeness (QED) is 0.493. The lowest BCUT2D eigenvalue weighted by atomic mass is 10.00. The summed E-state index contributed by atoms with van der Waals surface area (Å²) < 4.78 is 165. The van der Waals surface area contributed by atoms with Gasteiger partial charge in [-0.05, 0) is 12.1 Å². The molecule has 0 aliphatic heterocycles. The standard InChI is InChI=1S/C7H5F11O3S.C5H5N/c8-3(9,1-2-4(10,11)12)5(13,14)6(15,16)7(17,18)22(19,20)21;1-2-4-6-5-3-1/h1-2H2,(H,19,20,21);1-5H. The van der Waals surface area contributed by atoms with E-state index in [-0.39, 0.29) is 0 Å². The average Bonchev–Trinajstić information content (AvgIpc) is 2.53. The van der Waals surface area contributed by atoms with Crippen LogP contribution >= 0.6 is 0 Å². The molecule has 0 aliphatic rings. The third-order valence-electron chi connectivity index (χ3n) is 2.83. The third-order valence-corrected chi connectivity index (χ3v) is 3.74. The highest BCUT2D eigenvalue weighted by molar-refractivity contribution is 7.87. The topological polar surface area (TPSA) is 67.3 Å². The minimum absolute atomic E-state index is 1.75. The molecule has 28 heavy (non-hydrogen) atoms. The zero-order valence-corrected chi connectivity index (χ0v) is 13.9. The molecule has 0 spiro atoms. The van der Waals surface area contributed by atoms with E-state index < -0.39 is 52.2 Å². The monoisotopic (exact) mass is 457 g/mol. The van der Waals surface area contributed by atoms with E-state index in [2.05, 4.69) is 4.98 Å². The molecule has 0 fully saturated rings. The van der Waals surface area contributed by atoms with Crippen molar-refractivity contribution in [2.75, 3.05) is 0 Å². The molecule has 1 aromatic heterocycles. The van der Waals surface area contributed by atoms with Crippen molar-refractivity contribution in [1.82, 2.24) is 4.98 Å². The molecule has 16 heteroatoms. The molecule has 0 saturated heterocycles. The van der Waals surface area contributed by atoms with Crippen molar-refractivity contribution >= 4 is 10.1 Å². The lowest BCUT2D eigenvalue weighted by Crippen LogP contribution is -2.64. The summed E-state index contributed by atoms with van der Waals surface area (Å²) in [4.78, 5) is 3.78. The molecule has 0 saturated carbocycles. The molecule has 0 bridgehead atoms. The molecular weight excluding hydrogens is 447 g/mol. The summed E-state index contributed by atoms with van der Waals surface area (Å²) in [5.74, 6) is -20.9. The SMILES string of the molecule is O=S(=O)(O)C(F)(F)C(F)(F)C(F)(F)C(F)(F)CCC(F)(F)F.c1ccncc1. The zero-order valence-electron chi connectivity index (χ0n) is 13.1. The van der Waals surface area contributed by atoms with Crippen LogP contribution in [0.1, 0.15) is 12.8 Å². The number of nitrogens with zero attached hydrogens (tertiary/aromatic N) is 1. The normalized spacial score (nSPS) is 14.3. The first-order chi connectivity index (χ1) is 12.2. The van der Waals surface area contributed by atoms with Crippen LogP contribution in [0, 0.1) is 0 Å². The number of hydrogen-bond acceptors (Lipinski definition) is 3. The van der Waals surface area contributed by atoms with E-state index >= 15 is 0 Å². The van der Waals surface area contributed by atoms with Crippen LogP contribution in [-0.2, 0) is 10.1 Å². The van der Waals surface area contributed by atoms with Gasteiger partial charge in [0.25, 0.3) is 0 Å². The van der Waals surface area contributed by atoms with Gasteiger partial charge in [-0.15, -0.1) is 0 Å². The maximum atomic E-state index is 12.9. The van der Waals surface area contributed by atoms with Gasteiger partial charge >= 0.3 is 39.3 Å². The first-order valence-corrected chi connectivity index (χ1v) is 8.05. The average molecular weight is 457 g/mol. The second kappa shape index (κ2) is 8.34. The Labute approximate surface area is 150 Å². The molecule has 0 unspecified atom stereocenters. The number of alkyl halides is 11. The van der Waals surface area contributed by atoms with Crippen LogP contribution in [-0.4, -0.2) is 47.2 Å². The van der Waals surface area contributed by atoms with E-state index in [0.29, 0.717) is 0 Å². The van der Waals surface area contributed by atoms with Crippen molar-refractivity contribution < 1.29 is 61.3 Å². The Kier molecular flexibility index (Phi) is 7.83. The minimum atomic E-state index is -7.39. The molecular formula is C12H10F11NO3S. The highest BCUT2D eigenvalue weighted by atomic mass is 32.2. The summed E-state index contributed by atoms with van der Waals surface area (Å²) in [5.41, 5.74) is 0. The van der Waals surface area contributed by atoms with Gasteiger partial charge in [0, 0.05) is 25.2 Å². The van der Waals surface area contributed by atoms with Gasteiger partial charge in [0.05, 0.1) is 0 Å². The zero-order chi connectivity index (χ0) is 22.7. The van der Waals surface area contributed by atoms with E-state index in [1.807, 2.05) is 18.2 Å². The smallest absolute Gasteiger partial charge is 0.281 e. The number of hydrogen-bond donors (Lipinski definition) is 1. The van der Waals surface area contributed by atoms with Crippen LogP contribution in [0.15, 0.2) is 30.6 Å². The molecule has 1 heterocycles. The molecule has 0 aromatic carbocycles. The maximum absolute atomic E-state index is 12.9. The first-order valence-electron chi connectivity index (χ1n) is 6.61. The van der Waals surface area contributed by atoms with E-state index in [0.717, 1.165) is 0 Å².